The second-order valence-corrected chi connectivity index (χ2v) is 10.0. The highest BCUT2D eigenvalue weighted by atomic mass is 16.6. The summed E-state index contributed by atoms with van der Waals surface area (Å²) >= 11 is 0. The van der Waals surface area contributed by atoms with E-state index in [2.05, 4.69) is 50.2 Å². The Kier molecular flexibility index (Phi) is 7.92. The lowest BCUT2D eigenvalue weighted by Crippen LogP contribution is -2.55. The molecule has 2 aromatic rings. The molecule has 2 aliphatic heterocycles. The zero-order chi connectivity index (χ0) is 25.2. The molecule has 2 heterocycles. The molecule has 2 fully saturated rings. The molecule has 3 aliphatic rings. The monoisotopic (exact) mass is 492 g/mol. The minimum absolute atomic E-state index is 0.343. The molecule has 6 nitrogen and oxygen atoms in total. The van der Waals surface area contributed by atoms with Crippen LogP contribution in [0.1, 0.15) is 63.5 Å². The van der Waals surface area contributed by atoms with Crippen LogP contribution < -0.4 is 10.9 Å². The fraction of sp³-hybridized carbons (Fsp3) is 0.571. The molecule has 0 saturated carbocycles. The van der Waals surface area contributed by atoms with E-state index in [1.807, 2.05) is 14.2 Å². The smallest absolute Gasteiger partial charge is 0.405 e. The predicted molar refractivity (Wildman–Crippen MR) is 143 cm³/mol. The molecule has 192 valence electrons. The van der Waals surface area contributed by atoms with Crippen molar-refractivity contribution in [3.05, 3.63) is 47.5 Å². The number of fused-ring (bicyclic) bond motifs is 3. The summed E-state index contributed by atoms with van der Waals surface area (Å²) in [6.45, 7) is 6.91. The second kappa shape index (κ2) is 11.0. The number of rotatable bonds is 10. The molecular weight excluding hydrogens is 454 g/mol. The third kappa shape index (κ3) is 4.16. The van der Waals surface area contributed by atoms with Gasteiger partial charge in [-0.2, -0.15) is 0 Å². The van der Waals surface area contributed by atoms with Crippen LogP contribution in [0.15, 0.2) is 36.4 Å². The van der Waals surface area contributed by atoms with Crippen molar-refractivity contribution in [2.75, 3.05) is 40.6 Å². The molecule has 36 heavy (non-hydrogen) atoms. The van der Waals surface area contributed by atoms with E-state index in [4.69, 9.17) is 28.1 Å². The van der Waals surface area contributed by atoms with Gasteiger partial charge in [-0.15, -0.1) is 0 Å². The highest BCUT2D eigenvalue weighted by Gasteiger charge is 2.58. The Hall–Kier alpha value is -1.67. The second-order valence-electron chi connectivity index (χ2n) is 10.0. The molecule has 0 spiro atoms. The maximum Gasteiger partial charge on any atom is 0.494 e. The first-order valence-electron chi connectivity index (χ1n) is 13.5. The van der Waals surface area contributed by atoms with Gasteiger partial charge >= 0.3 is 14.2 Å². The van der Waals surface area contributed by atoms with Crippen molar-refractivity contribution >= 4 is 25.2 Å². The fourth-order valence-electron chi connectivity index (χ4n) is 6.37. The van der Waals surface area contributed by atoms with Gasteiger partial charge in [-0.3, -0.25) is 0 Å². The van der Waals surface area contributed by atoms with Crippen LogP contribution >= 0.6 is 0 Å². The number of methoxy groups -OCH3 is 2. The Morgan fingerprint density at radius 3 is 1.39 bits per heavy atom. The van der Waals surface area contributed by atoms with Crippen molar-refractivity contribution in [3.8, 4) is 11.1 Å². The van der Waals surface area contributed by atoms with Crippen LogP contribution in [0, 0.1) is 0 Å². The first-order chi connectivity index (χ1) is 17.6. The van der Waals surface area contributed by atoms with Gasteiger partial charge in [0.25, 0.3) is 0 Å². The summed E-state index contributed by atoms with van der Waals surface area (Å²) in [5.74, 6) is 0. The Morgan fingerprint density at radius 2 is 1.06 bits per heavy atom. The topological polar surface area (TPSA) is 55.4 Å². The summed E-state index contributed by atoms with van der Waals surface area (Å²) in [6.07, 6.45) is 5.88. The van der Waals surface area contributed by atoms with Crippen molar-refractivity contribution in [2.24, 2.45) is 0 Å². The Labute approximate surface area is 216 Å². The van der Waals surface area contributed by atoms with Gasteiger partial charge in [0.2, 0.25) is 0 Å². The number of hydrogen-bond acceptors (Lipinski definition) is 6. The van der Waals surface area contributed by atoms with Gasteiger partial charge in [-0.1, -0.05) is 75.9 Å². The highest BCUT2D eigenvalue weighted by molar-refractivity contribution is 6.62. The van der Waals surface area contributed by atoms with Gasteiger partial charge in [0, 0.05) is 14.2 Å². The lowest BCUT2D eigenvalue weighted by Gasteiger charge is -2.54. The summed E-state index contributed by atoms with van der Waals surface area (Å²) in [4.78, 5) is 0. The standard InChI is InChI=1S/C28H38B2O6/c1-5-7-13-27(31-3)25-19-21(29-33-15-16-34-29)9-11-23(25)24-12-10-22(30-35-17-18-36-30)20-26(24)28(27,32-4)14-8-6-2/h9-12,19-20H,5-8,13-18H2,1-4H3. The number of benzene rings is 2. The maximum atomic E-state index is 6.68. The van der Waals surface area contributed by atoms with Gasteiger partial charge in [0.1, 0.15) is 11.2 Å². The first-order valence-corrected chi connectivity index (χ1v) is 13.5. The Morgan fingerprint density at radius 1 is 0.667 bits per heavy atom. The van der Waals surface area contributed by atoms with Crippen molar-refractivity contribution in [2.45, 2.75) is 63.6 Å². The van der Waals surface area contributed by atoms with E-state index < -0.39 is 11.2 Å². The molecular formula is C28H38B2O6. The van der Waals surface area contributed by atoms with E-state index in [1.165, 1.54) is 11.1 Å². The van der Waals surface area contributed by atoms with E-state index in [0.29, 0.717) is 26.4 Å². The Bertz CT molecular complexity index is 969. The molecule has 2 aromatic carbocycles. The molecule has 1 aliphatic carbocycles. The van der Waals surface area contributed by atoms with Crippen molar-refractivity contribution in [3.63, 3.8) is 0 Å². The average molecular weight is 492 g/mol. The van der Waals surface area contributed by atoms with E-state index in [-0.39, 0.29) is 14.2 Å². The summed E-state index contributed by atoms with van der Waals surface area (Å²) < 4.78 is 36.9. The first kappa shape index (κ1) is 26.0. The quantitative estimate of drug-likeness (QED) is 0.469. The largest absolute Gasteiger partial charge is 0.494 e. The normalized spacial score (nSPS) is 25.3. The van der Waals surface area contributed by atoms with Crippen LogP contribution in [0.2, 0.25) is 0 Å². The van der Waals surface area contributed by atoms with E-state index in [0.717, 1.165) is 60.6 Å². The van der Waals surface area contributed by atoms with Crippen molar-refractivity contribution in [1.82, 2.24) is 0 Å². The fourth-order valence-corrected chi connectivity index (χ4v) is 6.37. The molecule has 2 unspecified atom stereocenters. The van der Waals surface area contributed by atoms with E-state index in [9.17, 15) is 0 Å². The van der Waals surface area contributed by atoms with Crippen LogP contribution in [-0.2, 0) is 39.3 Å². The van der Waals surface area contributed by atoms with Gasteiger partial charge in [-0.05, 0) is 46.0 Å². The number of hydrogen-bond donors (Lipinski definition) is 0. The maximum absolute atomic E-state index is 6.68. The van der Waals surface area contributed by atoms with Crippen molar-refractivity contribution in [1.29, 1.82) is 0 Å². The van der Waals surface area contributed by atoms with Crippen LogP contribution in [0.5, 0.6) is 0 Å². The zero-order valence-electron chi connectivity index (χ0n) is 22.1. The zero-order valence-corrected chi connectivity index (χ0v) is 22.1. The van der Waals surface area contributed by atoms with E-state index >= 15 is 0 Å². The van der Waals surface area contributed by atoms with Gasteiger partial charge in [0.05, 0.1) is 26.4 Å². The molecule has 0 N–H and O–H groups in total. The minimum atomic E-state index is -0.667. The molecule has 8 heteroatoms. The summed E-state index contributed by atoms with van der Waals surface area (Å²) in [5, 5.41) is 0. The molecule has 2 saturated heterocycles. The van der Waals surface area contributed by atoms with E-state index in [1.54, 1.807) is 0 Å². The van der Waals surface area contributed by atoms with Crippen LogP contribution in [0.4, 0.5) is 0 Å². The van der Waals surface area contributed by atoms with Crippen molar-refractivity contribution < 1.29 is 28.1 Å². The summed E-state index contributed by atoms with van der Waals surface area (Å²) in [5.41, 5.74) is 5.38. The van der Waals surface area contributed by atoms with Crippen LogP contribution in [0.25, 0.3) is 11.1 Å². The lowest BCUT2D eigenvalue weighted by atomic mass is 9.59. The number of unbranched alkanes of at least 4 members (excludes halogenated alkanes) is 2. The molecule has 2 atom stereocenters. The van der Waals surface area contributed by atoms with Crippen LogP contribution in [-0.4, -0.2) is 54.9 Å². The lowest BCUT2D eigenvalue weighted by molar-refractivity contribution is -0.209. The molecule has 0 amide bonds. The van der Waals surface area contributed by atoms with Crippen LogP contribution in [0.3, 0.4) is 0 Å². The Balaban J connectivity index is 1.76. The number of ether oxygens (including phenoxy) is 2. The average Bonchev–Trinajstić information content (AvgIpc) is 3.66. The SMILES string of the molecule is CCCCC1(OC)c2cc(B3OCCO3)ccc2-c2ccc(B3OCCO3)cc2C1(CCCC)OC. The van der Waals surface area contributed by atoms with Gasteiger partial charge in [0.15, 0.2) is 0 Å². The molecule has 0 bridgehead atoms. The minimum Gasteiger partial charge on any atom is -0.405 e. The van der Waals surface area contributed by atoms with Gasteiger partial charge < -0.3 is 28.1 Å². The molecule has 0 aromatic heterocycles. The molecule has 0 radical (unpaired) electrons. The molecule has 5 rings (SSSR count). The third-order valence-corrected chi connectivity index (χ3v) is 8.15. The summed E-state index contributed by atoms with van der Waals surface area (Å²) in [7, 11) is 2.99. The summed E-state index contributed by atoms with van der Waals surface area (Å²) in [6, 6.07) is 13.1. The highest BCUT2D eigenvalue weighted by Crippen LogP contribution is 2.59. The van der Waals surface area contributed by atoms with Gasteiger partial charge in [-0.25, -0.2) is 0 Å². The predicted octanol–water partition coefficient (Wildman–Crippen LogP) is 3.92. The third-order valence-electron chi connectivity index (χ3n) is 8.15.